The highest BCUT2D eigenvalue weighted by Gasteiger charge is 2.18. The fraction of sp³-hybridized carbons (Fsp3) is 0.174. The fourth-order valence-electron chi connectivity index (χ4n) is 2.84. The molecule has 0 aliphatic carbocycles. The second-order valence-electron chi connectivity index (χ2n) is 6.53. The van der Waals surface area contributed by atoms with E-state index >= 15 is 0 Å². The summed E-state index contributed by atoms with van der Waals surface area (Å²) in [5, 5.41) is 3.71. The molecule has 1 unspecified atom stereocenters. The molecule has 2 aromatic carbocycles. The Labute approximate surface area is 169 Å². The van der Waals surface area contributed by atoms with Gasteiger partial charge in [0.15, 0.2) is 6.10 Å². The van der Waals surface area contributed by atoms with Crippen LogP contribution >= 0.6 is 0 Å². The van der Waals surface area contributed by atoms with E-state index in [-0.39, 0.29) is 0 Å². The number of aromatic nitrogens is 1. The molecule has 0 saturated heterocycles. The van der Waals surface area contributed by atoms with E-state index in [1.54, 1.807) is 24.4 Å². The predicted octanol–water partition coefficient (Wildman–Crippen LogP) is 4.14. The second kappa shape index (κ2) is 9.01. The summed E-state index contributed by atoms with van der Waals surface area (Å²) < 4.78 is 10.5. The van der Waals surface area contributed by atoms with Gasteiger partial charge in [-0.2, -0.15) is 0 Å². The number of hydrogen-bond acceptors (Lipinski definition) is 5. The number of esters is 1. The molecule has 0 aliphatic rings. The Hall–Kier alpha value is -3.67. The molecule has 1 atom stereocenters. The van der Waals surface area contributed by atoms with Crippen LogP contribution in [0.5, 0.6) is 5.75 Å². The number of fused-ring (bicyclic) bond motifs is 1. The number of methoxy groups -OCH3 is 1. The van der Waals surface area contributed by atoms with Crippen LogP contribution < -0.4 is 10.1 Å². The number of hydrogen-bond donors (Lipinski definition) is 1. The van der Waals surface area contributed by atoms with Crippen LogP contribution in [0.4, 0.5) is 5.69 Å². The van der Waals surface area contributed by atoms with Crippen LogP contribution in [-0.2, 0) is 14.3 Å². The van der Waals surface area contributed by atoms with E-state index in [9.17, 15) is 9.59 Å². The predicted molar refractivity (Wildman–Crippen MR) is 113 cm³/mol. The number of carbonyl (C=O) groups excluding carboxylic acids is 2. The van der Waals surface area contributed by atoms with Crippen molar-refractivity contribution in [1.29, 1.82) is 0 Å². The van der Waals surface area contributed by atoms with Crippen molar-refractivity contribution in [2.24, 2.45) is 0 Å². The summed E-state index contributed by atoms with van der Waals surface area (Å²) in [7, 11) is 1.52. The van der Waals surface area contributed by atoms with Gasteiger partial charge in [-0.25, -0.2) is 4.79 Å². The molecule has 0 radical (unpaired) electrons. The lowest BCUT2D eigenvalue weighted by Crippen LogP contribution is -2.29. The lowest BCUT2D eigenvalue weighted by molar-refractivity contribution is -0.148. The summed E-state index contributed by atoms with van der Waals surface area (Å²) >= 11 is 0. The van der Waals surface area contributed by atoms with Crippen LogP contribution in [0.2, 0.25) is 0 Å². The minimum absolute atomic E-state index is 0.442. The molecule has 0 bridgehead atoms. The number of ether oxygens (including phenoxy) is 2. The summed E-state index contributed by atoms with van der Waals surface area (Å²) in [6.07, 6.45) is 3.65. The van der Waals surface area contributed by atoms with Crippen molar-refractivity contribution < 1.29 is 19.1 Å². The molecule has 0 fully saturated rings. The Morgan fingerprint density at radius 2 is 1.93 bits per heavy atom. The van der Waals surface area contributed by atoms with Crippen LogP contribution in [0.1, 0.15) is 18.1 Å². The maximum atomic E-state index is 12.4. The molecule has 1 N–H and O–H groups in total. The van der Waals surface area contributed by atoms with Crippen LogP contribution in [-0.4, -0.2) is 30.1 Å². The van der Waals surface area contributed by atoms with E-state index in [1.165, 1.54) is 20.1 Å². The van der Waals surface area contributed by atoms with Crippen molar-refractivity contribution in [3.05, 3.63) is 71.9 Å². The molecule has 0 aliphatic heterocycles. The topological polar surface area (TPSA) is 77.5 Å². The first-order valence-corrected chi connectivity index (χ1v) is 9.16. The SMILES string of the molecule is COc1ccc(C)cc1NC(=O)C(C)OC(=O)/C=C/c1cccc2cccnc12. The number of nitrogens with zero attached hydrogens (tertiary/aromatic N) is 1. The minimum atomic E-state index is -0.969. The van der Waals surface area contributed by atoms with E-state index in [0.29, 0.717) is 11.4 Å². The molecule has 29 heavy (non-hydrogen) atoms. The van der Waals surface area contributed by atoms with Gasteiger partial charge in [0.05, 0.1) is 18.3 Å². The van der Waals surface area contributed by atoms with Gasteiger partial charge in [-0.05, 0) is 43.7 Å². The van der Waals surface area contributed by atoms with E-state index in [1.807, 2.05) is 43.3 Å². The van der Waals surface area contributed by atoms with Crippen LogP contribution in [0.3, 0.4) is 0 Å². The first kappa shape index (κ1) is 20.1. The Morgan fingerprint density at radius 1 is 1.14 bits per heavy atom. The molecule has 3 aromatic rings. The Bertz CT molecular complexity index is 1070. The maximum Gasteiger partial charge on any atom is 0.331 e. The normalized spacial score (nSPS) is 12.0. The molecule has 1 aromatic heterocycles. The smallest absolute Gasteiger partial charge is 0.331 e. The summed E-state index contributed by atoms with van der Waals surface area (Å²) in [4.78, 5) is 28.9. The summed E-state index contributed by atoms with van der Waals surface area (Å²) in [5.74, 6) is -0.523. The van der Waals surface area contributed by atoms with E-state index in [4.69, 9.17) is 9.47 Å². The van der Waals surface area contributed by atoms with Crippen LogP contribution in [0, 0.1) is 6.92 Å². The highest BCUT2D eigenvalue weighted by Crippen LogP contribution is 2.25. The molecular formula is C23H22N2O4. The number of aryl methyl sites for hydroxylation is 1. The van der Waals surface area contributed by atoms with Gasteiger partial charge in [0.1, 0.15) is 5.75 Å². The second-order valence-corrected chi connectivity index (χ2v) is 6.53. The molecule has 0 saturated carbocycles. The van der Waals surface area contributed by atoms with Gasteiger partial charge in [0, 0.05) is 23.2 Å². The fourth-order valence-corrected chi connectivity index (χ4v) is 2.84. The van der Waals surface area contributed by atoms with E-state index in [0.717, 1.165) is 22.0 Å². The Morgan fingerprint density at radius 3 is 2.72 bits per heavy atom. The van der Waals surface area contributed by atoms with Gasteiger partial charge in [-0.15, -0.1) is 0 Å². The first-order chi connectivity index (χ1) is 14.0. The van der Waals surface area contributed by atoms with Crippen molar-refractivity contribution in [3.63, 3.8) is 0 Å². The average Bonchev–Trinajstić information content (AvgIpc) is 2.72. The van der Waals surface area contributed by atoms with Crippen LogP contribution in [0.15, 0.2) is 60.8 Å². The molecule has 1 heterocycles. The van der Waals surface area contributed by atoms with Gasteiger partial charge < -0.3 is 14.8 Å². The minimum Gasteiger partial charge on any atom is -0.495 e. The molecule has 3 rings (SSSR count). The molecule has 148 valence electrons. The zero-order valence-corrected chi connectivity index (χ0v) is 16.5. The van der Waals surface area contributed by atoms with E-state index in [2.05, 4.69) is 10.3 Å². The van der Waals surface area contributed by atoms with Crippen molar-refractivity contribution in [2.75, 3.05) is 12.4 Å². The standard InChI is InChI=1S/C23H22N2O4/c1-15-9-11-20(28-3)19(14-15)25-23(27)16(2)29-21(26)12-10-18-7-4-6-17-8-5-13-24-22(17)18/h4-14,16H,1-3H3,(H,25,27)/b12-10+. The third-order valence-corrected chi connectivity index (χ3v) is 4.34. The van der Waals surface area contributed by atoms with Gasteiger partial charge in [-0.1, -0.05) is 30.3 Å². The third-order valence-electron chi connectivity index (χ3n) is 4.34. The number of benzene rings is 2. The molecule has 1 amide bonds. The zero-order chi connectivity index (χ0) is 20.8. The lowest BCUT2D eigenvalue weighted by atomic mass is 10.1. The van der Waals surface area contributed by atoms with Gasteiger partial charge >= 0.3 is 5.97 Å². The monoisotopic (exact) mass is 390 g/mol. The van der Waals surface area contributed by atoms with Crippen molar-refractivity contribution >= 4 is 34.5 Å². The average molecular weight is 390 g/mol. The maximum absolute atomic E-state index is 12.4. The number of amides is 1. The first-order valence-electron chi connectivity index (χ1n) is 9.16. The summed E-state index contributed by atoms with van der Waals surface area (Å²) in [6.45, 7) is 3.42. The lowest BCUT2D eigenvalue weighted by Gasteiger charge is -2.15. The van der Waals surface area contributed by atoms with Crippen LogP contribution in [0.25, 0.3) is 17.0 Å². The number of rotatable bonds is 6. The molecule has 0 spiro atoms. The zero-order valence-electron chi connectivity index (χ0n) is 16.5. The van der Waals surface area contributed by atoms with Crippen molar-refractivity contribution in [3.8, 4) is 5.75 Å². The van der Waals surface area contributed by atoms with Gasteiger partial charge in [0.25, 0.3) is 5.91 Å². The van der Waals surface area contributed by atoms with Gasteiger partial charge in [-0.3, -0.25) is 9.78 Å². The third kappa shape index (κ3) is 4.99. The number of carbonyl (C=O) groups is 2. The van der Waals surface area contributed by atoms with Crippen molar-refractivity contribution in [1.82, 2.24) is 4.98 Å². The number of para-hydroxylation sites is 1. The number of anilines is 1. The highest BCUT2D eigenvalue weighted by molar-refractivity contribution is 5.98. The van der Waals surface area contributed by atoms with Gasteiger partial charge in [0.2, 0.25) is 0 Å². The van der Waals surface area contributed by atoms with E-state index < -0.39 is 18.0 Å². The highest BCUT2D eigenvalue weighted by atomic mass is 16.5. The van der Waals surface area contributed by atoms with Crippen molar-refractivity contribution in [2.45, 2.75) is 20.0 Å². The Kier molecular flexibility index (Phi) is 6.24. The summed E-state index contributed by atoms with van der Waals surface area (Å²) in [6, 6.07) is 14.9. The quantitative estimate of drug-likeness (QED) is 0.506. The summed E-state index contributed by atoms with van der Waals surface area (Å²) in [5.41, 5.74) is 3.08. The number of pyridine rings is 1. The molecule has 6 heteroatoms. The number of nitrogens with one attached hydrogen (secondary N) is 1. The molecule has 6 nitrogen and oxygen atoms in total. The molecular weight excluding hydrogens is 368 g/mol. The largest absolute Gasteiger partial charge is 0.495 e. The Balaban J connectivity index is 1.65.